The average Bonchev–Trinajstić information content (AvgIpc) is 2.79. The van der Waals surface area contributed by atoms with Gasteiger partial charge in [0.25, 0.3) is 11.5 Å². The number of rotatable bonds is 2. The van der Waals surface area contributed by atoms with E-state index in [0.717, 1.165) is 4.90 Å². The number of amides is 1. The van der Waals surface area contributed by atoms with E-state index < -0.39 is 23.2 Å². The molecule has 1 aromatic rings. The molecule has 1 unspecified atom stereocenters. The van der Waals surface area contributed by atoms with Crippen molar-refractivity contribution in [2.24, 2.45) is 0 Å². The van der Waals surface area contributed by atoms with E-state index in [9.17, 15) is 23.1 Å². The molecule has 136 valence electrons. The van der Waals surface area contributed by atoms with Gasteiger partial charge in [0.05, 0.1) is 19.9 Å². The van der Waals surface area contributed by atoms with Gasteiger partial charge in [0.15, 0.2) is 11.5 Å². The van der Waals surface area contributed by atoms with E-state index in [0.29, 0.717) is 35.1 Å². The van der Waals surface area contributed by atoms with Crippen LogP contribution in [0.4, 0.5) is 13.2 Å². The third-order valence-corrected chi connectivity index (χ3v) is 4.66. The van der Waals surface area contributed by atoms with Gasteiger partial charge < -0.3 is 19.5 Å². The molecule has 0 bridgehead atoms. The standard InChI is InChI=1S/C17H18F3NO4/c1-15(2)7-9-5-12(24-3)13(25-4)6-10(9)11-8-16(23,17(18,19)20)14(22)21(11)15/h5-6,8,23H,7H2,1-4H3. The Morgan fingerprint density at radius 3 is 2.24 bits per heavy atom. The highest BCUT2D eigenvalue weighted by Gasteiger charge is 2.65. The fraction of sp³-hybridized carbons (Fsp3) is 0.471. The van der Waals surface area contributed by atoms with Gasteiger partial charge in [-0.2, -0.15) is 13.2 Å². The van der Waals surface area contributed by atoms with Crippen molar-refractivity contribution in [3.63, 3.8) is 0 Å². The Kier molecular flexibility index (Phi) is 3.62. The molecule has 1 amide bonds. The van der Waals surface area contributed by atoms with Crippen molar-refractivity contribution in [1.82, 2.24) is 4.90 Å². The van der Waals surface area contributed by atoms with E-state index in [1.54, 1.807) is 19.9 Å². The molecule has 1 aromatic carbocycles. The number of halogens is 3. The minimum atomic E-state index is -5.11. The van der Waals surface area contributed by atoms with Crippen molar-refractivity contribution in [3.8, 4) is 11.5 Å². The van der Waals surface area contributed by atoms with Gasteiger partial charge in [0, 0.05) is 11.1 Å². The highest BCUT2D eigenvalue weighted by molar-refractivity contribution is 6.03. The van der Waals surface area contributed by atoms with Gasteiger partial charge >= 0.3 is 6.18 Å². The SMILES string of the molecule is COc1cc2c(cc1OC)C1=CC(O)(C(F)(F)F)C(=O)N1C(C)(C)C2. The van der Waals surface area contributed by atoms with Gasteiger partial charge in [0.2, 0.25) is 0 Å². The molecule has 2 aliphatic heterocycles. The molecule has 0 spiro atoms. The summed E-state index contributed by atoms with van der Waals surface area (Å²) in [4.78, 5) is 13.5. The number of benzene rings is 1. The van der Waals surface area contributed by atoms with Crippen LogP contribution < -0.4 is 9.47 Å². The summed E-state index contributed by atoms with van der Waals surface area (Å²) in [6.07, 6.45) is -4.22. The summed E-state index contributed by atoms with van der Waals surface area (Å²) in [7, 11) is 2.88. The zero-order chi connectivity index (χ0) is 18.8. The topological polar surface area (TPSA) is 59.0 Å². The predicted molar refractivity (Wildman–Crippen MR) is 83.2 cm³/mol. The second kappa shape index (κ2) is 5.14. The van der Waals surface area contributed by atoms with Crippen LogP contribution in [0.3, 0.4) is 0 Å². The number of nitrogens with zero attached hydrogens (tertiary/aromatic N) is 1. The molecule has 0 aromatic heterocycles. The highest BCUT2D eigenvalue weighted by atomic mass is 19.4. The van der Waals surface area contributed by atoms with Crippen LogP contribution in [0.2, 0.25) is 0 Å². The van der Waals surface area contributed by atoms with Crippen molar-refractivity contribution in [2.45, 2.75) is 37.6 Å². The van der Waals surface area contributed by atoms with Crippen LogP contribution in [0.15, 0.2) is 18.2 Å². The molecule has 3 rings (SSSR count). The molecule has 1 atom stereocenters. The first kappa shape index (κ1) is 17.6. The van der Waals surface area contributed by atoms with E-state index in [1.165, 1.54) is 20.3 Å². The summed E-state index contributed by atoms with van der Waals surface area (Å²) in [6.45, 7) is 3.31. The molecule has 8 heteroatoms. The Balaban J connectivity index is 2.27. The Morgan fingerprint density at radius 2 is 1.72 bits per heavy atom. The molecule has 1 N–H and O–H groups in total. The number of ether oxygens (including phenoxy) is 2. The summed E-state index contributed by atoms with van der Waals surface area (Å²) < 4.78 is 50.5. The first-order valence-electron chi connectivity index (χ1n) is 7.58. The van der Waals surface area contributed by atoms with Gasteiger partial charge in [-0.05, 0) is 44.0 Å². The summed E-state index contributed by atoms with van der Waals surface area (Å²) >= 11 is 0. The smallest absolute Gasteiger partial charge is 0.430 e. The molecular formula is C17H18F3NO4. The molecule has 2 aliphatic rings. The van der Waals surface area contributed by atoms with Crippen molar-refractivity contribution >= 4 is 11.6 Å². The van der Waals surface area contributed by atoms with Gasteiger partial charge in [-0.1, -0.05) is 0 Å². The summed E-state index contributed by atoms with van der Waals surface area (Å²) in [5.74, 6) is -0.612. The third kappa shape index (κ3) is 2.31. The van der Waals surface area contributed by atoms with Gasteiger partial charge in [-0.15, -0.1) is 0 Å². The number of fused-ring (bicyclic) bond motifs is 3. The first-order valence-corrected chi connectivity index (χ1v) is 7.58. The van der Waals surface area contributed by atoms with Crippen LogP contribution in [0, 0.1) is 0 Å². The Hall–Kier alpha value is -2.22. The number of methoxy groups -OCH3 is 2. The molecule has 2 heterocycles. The second-order valence-corrected chi connectivity index (χ2v) is 6.79. The summed E-state index contributed by atoms with van der Waals surface area (Å²) in [6, 6.07) is 3.21. The van der Waals surface area contributed by atoms with Crippen molar-refractivity contribution in [1.29, 1.82) is 0 Å². The van der Waals surface area contributed by atoms with Crippen LogP contribution in [0.25, 0.3) is 5.70 Å². The lowest BCUT2D eigenvalue weighted by Gasteiger charge is -2.43. The zero-order valence-corrected chi connectivity index (χ0v) is 14.2. The molecule has 0 saturated carbocycles. The number of alkyl halides is 3. The number of carbonyl (C=O) groups is 1. The van der Waals surface area contributed by atoms with Crippen molar-refractivity contribution in [2.75, 3.05) is 14.2 Å². The maximum Gasteiger partial charge on any atom is 0.430 e. The van der Waals surface area contributed by atoms with E-state index in [4.69, 9.17) is 9.47 Å². The number of hydrogen-bond acceptors (Lipinski definition) is 4. The van der Waals surface area contributed by atoms with Gasteiger partial charge in [-0.25, -0.2) is 0 Å². The maximum absolute atomic E-state index is 13.3. The van der Waals surface area contributed by atoms with Crippen LogP contribution in [0.5, 0.6) is 11.5 Å². The van der Waals surface area contributed by atoms with E-state index in [-0.39, 0.29) is 5.70 Å². The lowest BCUT2D eigenvalue weighted by atomic mass is 9.84. The normalized spacial score (nSPS) is 24.6. The Labute approximate surface area is 142 Å². The maximum atomic E-state index is 13.3. The summed E-state index contributed by atoms with van der Waals surface area (Å²) in [5, 5.41) is 10.1. The van der Waals surface area contributed by atoms with E-state index in [2.05, 4.69) is 0 Å². The molecule has 25 heavy (non-hydrogen) atoms. The van der Waals surface area contributed by atoms with Gasteiger partial charge in [-0.3, -0.25) is 4.79 Å². The summed E-state index contributed by atoms with van der Waals surface area (Å²) in [5.41, 5.74) is -3.33. The molecule has 0 saturated heterocycles. The zero-order valence-electron chi connectivity index (χ0n) is 14.2. The average molecular weight is 357 g/mol. The van der Waals surface area contributed by atoms with E-state index >= 15 is 0 Å². The van der Waals surface area contributed by atoms with E-state index in [1.807, 2.05) is 0 Å². The minimum Gasteiger partial charge on any atom is -0.493 e. The van der Waals surface area contributed by atoms with Crippen molar-refractivity contribution < 1.29 is 32.5 Å². The Bertz CT molecular complexity index is 785. The lowest BCUT2D eigenvalue weighted by Crippen LogP contribution is -2.57. The van der Waals surface area contributed by atoms with Crippen LogP contribution >= 0.6 is 0 Å². The molecule has 0 aliphatic carbocycles. The fourth-order valence-corrected chi connectivity index (χ4v) is 3.46. The number of carbonyl (C=O) groups excluding carboxylic acids is 1. The van der Waals surface area contributed by atoms with Crippen molar-refractivity contribution in [3.05, 3.63) is 29.3 Å². The second-order valence-electron chi connectivity index (χ2n) is 6.79. The quantitative estimate of drug-likeness (QED) is 0.884. The molecule has 0 radical (unpaired) electrons. The van der Waals surface area contributed by atoms with Crippen LogP contribution in [-0.2, 0) is 11.2 Å². The number of hydrogen-bond donors (Lipinski definition) is 1. The largest absolute Gasteiger partial charge is 0.493 e. The first-order chi connectivity index (χ1) is 11.5. The molecule has 0 fully saturated rings. The lowest BCUT2D eigenvalue weighted by molar-refractivity contribution is -0.236. The predicted octanol–water partition coefficient (Wildman–Crippen LogP) is 2.52. The van der Waals surface area contributed by atoms with Crippen LogP contribution in [-0.4, -0.2) is 47.4 Å². The number of aliphatic hydroxyl groups is 1. The molecular weight excluding hydrogens is 339 g/mol. The Morgan fingerprint density at radius 1 is 1.16 bits per heavy atom. The van der Waals surface area contributed by atoms with Crippen LogP contribution in [0.1, 0.15) is 25.0 Å². The molecule has 5 nitrogen and oxygen atoms in total. The fourth-order valence-electron chi connectivity index (χ4n) is 3.46. The monoisotopic (exact) mass is 357 g/mol. The van der Waals surface area contributed by atoms with Gasteiger partial charge in [0.1, 0.15) is 0 Å². The third-order valence-electron chi connectivity index (χ3n) is 4.66. The minimum absolute atomic E-state index is 0.0250. The highest BCUT2D eigenvalue weighted by Crippen LogP contribution is 2.50.